The Kier molecular flexibility index (Phi) is 3.36. The van der Waals surface area contributed by atoms with Crippen molar-refractivity contribution < 1.29 is 4.42 Å². The predicted octanol–water partition coefficient (Wildman–Crippen LogP) is 5.46. The molecular formula is C28H20O. The molecule has 0 spiro atoms. The van der Waals surface area contributed by atoms with E-state index in [0.29, 0.717) is 0 Å². The molecule has 138 valence electrons. The van der Waals surface area contributed by atoms with Gasteiger partial charge in [-0.1, -0.05) is 91.0 Å². The van der Waals surface area contributed by atoms with Crippen LogP contribution in [0.15, 0.2) is 95.4 Å². The summed E-state index contributed by atoms with van der Waals surface area (Å²) in [7, 11) is 0. The van der Waals surface area contributed by atoms with Crippen molar-refractivity contribution in [3.8, 4) is 0 Å². The van der Waals surface area contributed by atoms with Crippen LogP contribution in [0, 0.1) is 6.92 Å². The van der Waals surface area contributed by atoms with E-state index in [1.54, 1.807) is 0 Å². The Bertz CT molecular complexity index is 1480. The van der Waals surface area contributed by atoms with Crippen LogP contribution in [-0.4, -0.2) is 0 Å². The Labute approximate surface area is 169 Å². The van der Waals surface area contributed by atoms with E-state index in [1.165, 1.54) is 37.5 Å². The molecule has 1 nitrogen and oxygen atoms in total. The summed E-state index contributed by atoms with van der Waals surface area (Å²) in [4.78, 5) is 0. The average Bonchev–Trinajstić information content (AvgIpc) is 3.37. The number of hydrogen-bond acceptors (Lipinski definition) is 1. The van der Waals surface area contributed by atoms with Gasteiger partial charge in [0.2, 0.25) is 0 Å². The number of aryl methyl sites for hydroxylation is 1. The van der Waals surface area contributed by atoms with Gasteiger partial charge in [0.25, 0.3) is 0 Å². The van der Waals surface area contributed by atoms with Crippen LogP contribution in [0.3, 0.4) is 0 Å². The van der Waals surface area contributed by atoms with Crippen LogP contribution in [-0.2, 0) is 5.41 Å². The number of benzene rings is 4. The molecule has 1 aliphatic rings. The Hall–Kier alpha value is -3.58. The van der Waals surface area contributed by atoms with Crippen LogP contribution in [0.1, 0.15) is 17.1 Å². The first-order chi connectivity index (χ1) is 14.2. The zero-order valence-corrected chi connectivity index (χ0v) is 16.2. The van der Waals surface area contributed by atoms with Crippen molar-refractivity contribution in [3.63, 3.8) is 0 Å². The second-order valence-corrected chi connectivity index (χ2v) is 7.89. The summed E-state index contributed by atoms with van der Waals surface area (Å²) in [6.07, 6.45) is 4.72. The molecule has 0 aliphatic heterocycles. The van der Waals surface area contributed by atoms with Crippen LogP contribution in [0.2, 0.25) is 0 Å². The molecule has 0 radical (unpaired) electrons. The van der Waals surface area contributed by atoms with Crippen molar-refractivity contribution >= 4 is 33.7 Å². The lowest BCUT2D eigenvalue weighted by molar-refractivity contribution is 0.468. The van der Waals surface area contributed by atoms with E-state index >= 15 is 0 Å². The lowest BCUT2D eigenvalue weighted by atomic mass is 9.76. The molecule has 1 heteroatoms. The fourth-order valence-corrected chi connectivity index (χ4v) is 4.80. The van der Waals surface area contributed by atoms with E-state index in [0.717, 1.165) is 11.5 Å². The molecule has 0 unspecified atom stereocenters. The first-order valence-corrected chi connectivity index (χ1v) is 10.0. The molecule has 29 heavy (non-hydrogen) atoms. The van der Waals surface area contributed by atoms with Crippen LogP contribution < -0.4 is 10.4 Å². The molecule has 0 atom stereocenters. The lowest BCUT2D eigenvalue weighted by Gasteiger charge is -2.26. The van der Waals surface area contributed by atoms with E-state index in [1.807, 2.05) is 6.92 Å². The maximum atomic E-state index is 6.25. The van der Waals surface area contributed by atoms with Gasteiger partial charge in [0.15, 0.2) is 0 Å². The van der Waals surface area contributed by atoms with E-state index in [2.05, 4.69) is 103 Å². The smallest absolute Gasteiger partial charge is 0.122 e. The van der Waals surface area contributed by atoms with Crippen molar-refractivity contribution in [1.29, 1.82) is 0 Å². The van der Waals surface area contributed by atoms with Crippen LogP contribution in [0.5, 0.6) is 0 Å². The first kappa shape index (κ1) is 16.4. The van der Waals surface area contributed by atoms with Crippen LogP contribution in [0.4, 0.5) is 0 Å². The molecule has 1 heterocycles. The van der Waals surface area contributed by atoms with E-state index in [4.69, 9.17) is 4.42 Å². The third kappa shape index (κ3) is 2.34. The summed E-state index contributed by atoms with van der Waals surface area (Å²) < 4.78 is 6.25. The summed E-state index contributed by atoms with van der Waals surface area (Å²) >= 11 is 0. The predicted molar refractivity (Wildman–Crippen MR) is 120 cm³/mol. The minimum Gasteiger partial charge on any atom is -0.465 e. The van der Waals surface area contributed by atoms with Crippen LogP contribution >= 0.6 is 0 Å². The first-order valence-electron chi connectivity index (χ1n) is 10.0. The third-order valence-electron chi connectivity index (χ3n) is 6.13. The monoisotopic (exact) mass is 372 g/mol. The molecule has 0 amide bonds. The average molecular weight is 372 g/mol. The molecule has 4 aromatic carbocycles. The number of furan rings is 1. The summed E-state index contributed by atoms with van der Waals surface area (Å²) in [6, 6.07) is 32.5. The van der Waals surface area contributed by atoms with Gasteiger partial charge in [-0.15, -0.1) is 0 Å². The lowest BCUT2D eigenvalue weighted by Crippen LogP contribution is -2.20. The minimum atomic E-state index is -0.429. The Balaban J connectivity index is 1.80. The van der Waals surface area contributed by atoms with Gasteiger partial charge in [0.05, 0.1) is 5.41 Å². The fraction of sp³-hybridized carbons (Fsp3) is 0.0714. The Morgan fingerprint density at radius 2 is 1.31 bits per heavy atom. The second kappa shape index (κ2) is 5.96. The Morgan fingerprint density at radius 3 is 2.07 bits per heavy atom. The van der Waals surface area contributed by atoms with Gasteiger partial charge in [-0.2, -0.15) is 0 Å². The zero-order chi connectivity index (χ0) is 19.4. The van der Waals surface area contributed by atoms with E-state index in [-0.39, 0.29) is 0 Å². The van der Waals surface area contributed by atoms with Gasteiger partial charge < -0.3 is 4.42 Å². The van der Waals surface area contributed by atoms with Gasteiger partial charge in [-0.25, -0.2) is 0 Å². The highest BCUT2D eigenvalue weighted by atomic mass is 16.3. The maximum Gasteiger partial charge on any atom is 0.122 e. The van der Waals surface area contributed by atoms with E-state index < -0.39 is 5.41 Å². The van der Waals surface area contributed by atoms with Crippen molar-refractivity contribution in [2.45, 2.75) is 12.3 Å². The molecule has 0 fully saturated rings. The number of rotatable bonds is 2. The van der Waals surface area contributed by atoms with Crippen molar-refractivity contribution in [1.82, 2.24) is 0 Å². The summed E-state index contributed by atoms with van der Waals surface area (Å²) in [5.74, 6) is 1.90. The second-order valence-electron chi connectivity index (χ2n) is 7.89. The minimum absolute atomic E-state index is 0.429. The largest absolute Gasteiger partial charge is 0.465 e. The van der Waals surface area contributed by atoms with Crippen molar-refractivity contribution in [2.24, 2.45) is 0 Å². The summed E-state index contributed by atoms with van der Waals surface area (Å²) in [5, 5.41) is 7.58. The normalized spacial score (nSPS) is 14.5. The highest BCUT2D eigenvalue weighted by molar-refractivity contribution is 6.10. The Morgan fingerprint density at radius 1 is 0.621 bits per heavy atom. The van der Waals surface area contributed by atoms with Gasteiger partial charge >= 0.3 is 0 Å². The zero-order valence-electron chi connectivity index (χ0n) is 16.2. The topological polar surface area (TPSA) is 13.1 Å². The molecule has 6 rings (SSSR count). The number of fused-ring (bicyclic) bond motifs is 4. The van der Waals surface area contributed by atoms with E-state index in [9.17, 15) is 0 Å². The molecular weight excluding hydrogens is 352 g/mol. The molecule has 0 saturated heterocycles. The summed E-state index contributed by atoms with van der Waals surface area (Å²) in [5.41, 5.74) is 0.832. The van der Waals surface area contributed by atoms with Gasteiger partial charge in [-0.3, -0.25) is 0 Å². The molecule has 0 saturated carbocycles. The number of hydrogen-bond donors (Lipinski definition) is 0. The molecule has 0 bridgehead atoms. The highest BCUT2D eigenvalue weighted by Crippen LogP contribution is 2.43. The standard InChI is InChI=1S/C28H20O/c1-19-13-16-26(29-19)28(17-22-8-2-3-9-23(22)18-28)25-12-6-10-21-15-14-20-7-4-5-11-24(20)27(21)25/h2-18H,1H3. The SMILES string of the molecule is Cc1ccc(C2(c3cccc4ccc5ccccc5c34)C=c3ccccc3=C2)o1. The van der Waals surface area contributed by atoms with Crippen molar-refractivity contribution in [2.75, 3.05) is 0 Å². The van der Waals surface area contributed by atoms with Gasteiger partial charge in [0.1, 0.15) is 11.5 Å². The molecule has 5 aromatic rings. The maximum absolute atomic E-state index is 6.25. The summed E-state index contributed by atoms with van der Waals surface area (Å²) in [6.45, 7) is 2.01. The van der Waals surface area contributed by atoms with Crippen LogP contribution in [0.25, 0.3) is 33.7 Å². The fourth-order valence-electron chi connectivity index (χ4n) is 4.80. The van der Waals surface area contributed by atoms with Gasteiger partial charge in [0, 0.05) is 0 Å². The molecule has 1 aromatic heterocycles. The quantitative estimate of drug-likeness (QED) is 0.375. The molecule has 0 N–H and O–H groups in total. The highest BCUT2D eigenvalue weighted by Gasteiger charge is 2.36. The molecule has 1 aliphatic carbocycles. The van der Waals surface area contributed by atoms with Gasteiger partial charge in [-0.05, 0) is 56.6 Å². The van der Waals surface area contributed by atoms with Crippen molar-refractivity contribution in [3.05, 3.63) is 119 Å². The third-order valence-corrected chi connectivity index (χ3v) is 6.13.